The van der Waals surface area contributed by atoms with E-state index in [0.29, 0.717) is 13.0 Å². The predicted molar refractivity (Wildman–Crippen MR) is 129 cm³/mol. The lowest BCUT2D eigenvalue weighted by atomic mass is 10.0. The van der Waals surface area contributed by atoms with E-state index in [9.17, 15) is 5.11 Å². The highest BCUT2D eigenvalue weighted by Gasteiger charge is 2.49. The first-order valence-electron chi connectivity index (χ1n) is 11.3. The summed E-state index contributed by atoms with van der Waals surface area (Å²) in [6.45, 7) is 19.1. The second-order valence-corrected chi connectivity index (χ2v) is 15.2. The molecule has 32 heavy (non-hydrogen) atoms. The van der Waals surface area contributed by atoms with Gasteiger partial charge < -0.3 is 28.5 Å². The van der Waals surface area contributed by atoms with E-state index < -0.39 is 32.4 Å². The highest BCUT2D eigenvalue weighted by atomic mass is 28.4. The molecule has 0 aliphatic carbocycles. The fourth-order valence-electron chi connectivity index (χ4n) is 3.39. The van der Waals surface area contributed by atoms with E-state index in [2.05, 4.69) is 40.4 Å². The van der Waals surface area contributed by atoms with Gasteiger partial charge >= 0.3 is 0 Å². The Labute approximate surface area is 195 Å². The van der Waals surface area contributed by atoms with E-state index in [1.807, 2.05) is 44.2 Å². The van der Waals surface area contributed by atoms with Crippen molar-refractivity contribution in [3.05, 3.63) is 42.5 Å². The van der Waals surface area contributed by atoms with Crippen LogP contribution in [-0.4, -0.2) is 57.3 Å². The highest BCUT2D eigenvalue weighted by molar-refractivity contribution is 6.74. The summed E-state index contributed by atoms with van der Waals surface area (Å²) in [5, 5.41) is 11.1. The summed E-state index contributed by atoms with van der Waals surface area (Å²) in [6, 6.07) is 7.76. The van der Waals surface area contributed by atoms with Gasteiger partial charge in [-0.05, 0) is 56.1 Å². The minimum Gasteiger partial charge on any atom is -0.497 e. The van der Waals surface area contributed by atoms with Gasteiger partial charge in [-0.25, -0.2) is 0 Å². The zero-order chi connectivity index (χ0) is 24.2. The molecule has 0 amide bonds. The second kappa shape index (κ2) is 10.8. The number of benzene rings is 1. The van der Waals surface area contributed by atoms with Crippen molar-refractivity contribution in [1.29, 1.82) is 0 Å². The largest absolute Gasteiger partial charge is 0.497 e. The number of methoxy groups -OCH3 is 1. The van der Waals surface area contributed by atoms with Crippen LogP contribution in [0.3, 0.4) is 0 Å². The summed E-state index contributed by atoms with van der Waals surface area (Å²) in [5.41, 5.74) is 1.02. The van der Waals surface area contributed by atoms with Crippen molar-refractivity contribution < 1.29 is 28.5 Å². The smallest absolute Gasteiger partial charge is 0.192 e. The van der Waals surface area contributed by atoms with E-state index in [1.165, 1.54) is 0 Å². The minimum atomic E-state index is -2.00. The highest BCUT2D eigenvalue weighted by Crippen LogP contribution is 2.38. The average Bonchev–Trinajstić information content (AvgIpc) is 3.04. The molecule has 1 saturated heterocycles. The fraction of sp³-hybridized carbons (Fsp3) is 0.680. The van der Waals surface area contributed by atoms with Gasteiger partial charge in [-0.3, -0.25) is 0 Å². The number of hydrogen-bond acceptors (Lipinski definition) is 6. The van der Waals surface area contributed by atoms with Crippen molar-refractivity contribution in [1.82, 2.24) is 0 Å². The van der Waals surface area contributed by atoms with E-state index in [0.717, 1.165) is 11.3 Å². The van der Waals surface area contributed by atoms with Gasteiger partial charge in [0, 0.05) is 0 Å². The number of aliphatic hydroxyl groups is 1. The van der Waals surface area contributed by atoms with Gasteiger partial charge in [-0.15, -0.1) is 6.58 Å². The summed E-state index contributed by atoms with van der Waals surface area (Å²) >= 11 is 0. The number of aliphatic hydroxyl groups excluding tert-OH is 1. The van der Waals surface area contributed by atoms with Gasteiger partial charge in [0.1, 0.15) is 24.1 Å². The zero-order valence-electron chi connectivity index (χ0n) is 21.0. The lowest BCUT2D eigenvalue weighted by Gasteiger charge is -2.37. The summed E-state index contributed by atoms with van der Waals surface area (Å²) in [5.74, 6) is -0.0218. The molecule has 6 nitrogen and oxygen atoms in total. The van der Waals surface area contributed by atoms with Gasteiger partial charge in [0.2, 0.25) is 0 Å². The summed E-state index contributed by atoms with van der Waals surface area (Å²) in [6.07, 6.45) is 0.238. The molecule has 0 radical (unpaired) electrons. The van der Waals surface area contributed by atoms with Crippen LogP contribution in [0.25, 0.3) is 0 Å². The van der Waals surface area contributed by atoms with Crippen LogP contribution in [-0.2, 0) is 25.2 Å². The summed E-state index contributed by atoms with van der Waals surface area (Å²) < 4.78 is 30.0. The molecular weight excluding hydrogens is 424 g/mol. The van der Waals surface area contributed by atoms with Crippen LogP contribution < -0.4 is 4.74 Å². The minimum absolute atomic E-state index is 0.0608. The van der Waals surface area contributed by atoms with Gasteiger partial charge in [0.15, 0.2) is 14.1 Å². The molecule has 1 N–H and O–H groups in total. The van der Waals surface area contributed by atoms with Crippen molar-refractivity contribution in [3.63, 3.8) is 0 Å². The maximum Gasteiger partial charge on any atom is 0.192 e. The molecule has 0 saturated carbocycles. The Morgan fingerprint density at radius 3 is 2.28 bits per heavy atom. The quantitative estimate of drug-likeness (QED) is 0.363. The maximum atomic E-state index is 11.0. The summed E-state index contributed by atoms with van der Waals surface area (Å²) in [4.78, 5) is 0. The second-order valence-electron chi connectivity index (χ2n) is 10.4. The van der Waals surface area contributed by atoms with Crippen LogP contribution in [0.1, 0.15) is 46.6 Å². The SMILES string of the molecule is C=CC[C@@H](OCc1ccc(OC)cc1)[C@H]1OC(C)(C)O[C@@H]1[C@H](O)CO[Si](C)(C)C(C)(C)C. The Morgan fingerprint density at radius 2 is 1.75 bits per heavy atom. The molecule has 1 aliphatic rings. The van der Waals surface area contributed by atoms with Crippen molar-refractivity contribution in [2.45, 2.75) is 96.0 Å². The number of rotatable bonds is 11. The molecule has 0 spiro atoms. The van der Waals surface area contributed by atoms with Crippen LogP contribution in [0.15, 0.2) is 36.9 Å². The molecule has 1 heterocycles. The molecule has 7 heteroatoms. The van der Waals surface area contributed by atoms with E-state index in [1.54, 1.807) is 7.11 Å². The first-order valence-corrected chi connectivity index (χ1v) is 14.2. The Bertz CT molecular complexity index is 725. The van der Waals surface area contributed by atoms with Gasteiger partial charge in [-0.1, -0.05) is 39.0 Å². The fourth-order valence-corrected chi connectivity index (χ4v) is 4.41. The third-order valence-corrected chi connectivity index (χ3v) is 10.9. The lowest BCUT2D eigenvalue weighted by molar-refractivity contribution is -0.164. The van der Waals surface area contributed by atoms with E-state index in [-0.39, 0.29) is 17.7 Å². The van der Waals surface area contributed by atoms with Crippen LogP contribution in [0.5, 0.6) is 5.75 Å². The molecule has 1 aromatic carbocycles. The van der Waals surface area contributed by atoms with E-state index in [4.69, 9.17) is 23.4 Å². The van der Waals surface area contributed by atoms with Crippen molar-refractivity contribution in [2.75, 3.05) is 13.7 Å². The van der Waals surface area contributed by atoms with Gasteiger partial charge in [0.25, 0.3) is 0 Å². The molecule has 4 atom stereocenters. The van der Waals surface area contributed by atoms with E-state index >= 15 is 0 Å². The Kier molecular flexibility index (Phi) is 9.12. The summed E-state index contributed by atoms with van der Waals surface area (Å²) in [7, 11) is -0.356. The Hall–Kier alpha value is -1.22. The first kappa shape index (κ1) is 27.0. The zero-order valence-corrected chi connectivity index (χ0v) is 22.0. The van der Waals surface area contributed by atoms with Gasteiger partial charge in [0.05, 0.1) is 26.4 Å². The number of hydrogen-bond donors (Lipinski definition) is 1. The van der Waals surface area contributed by atoms with Crippen LogP contribution in [0.4, 0.5) is 0 Å². The molecular formula is C25H42O6Si. The van der Waals surface area contributed by atoms with Gasteiger partial charge in [-0.2, -0.15) is 0 Å². The molecule has 182 valence electrons. The predicted octanol–water partition coefficient (Wildman–Crippen LogP) is 5.06. The third-order valence-electron chi connectivity index (χ3n) is 6.35. The lowest BCUT2D eigenvalue weighted by Crippen LogP contribution is -2.48. The maximum absolute atomic E-state index is 11.0. The molecule has 1 aliphatic heterocycles. The number of ether oxygens (including phenoxy) is 4. The third kappa shape index (κ3) is 7.14. The normalized spacial score (nSPS) is 23.0. The standard InChI is InChI=1S/C25H42O6Si/c1-10-11-21(28-16-18-12-14-19(27-7)15-13-18)23-22(30-25(5,6)31-23)20(26)17-29-32(8,9)24(2,3)4/h10,12-15,20-23,26H,1,11,16-17H2,2-9H3/t20-,21-,22-,23-/m1/s1. The van der Waals surface area contributed by atoms with Crippen LogP contribution in [0, 0.1) is 0 Å². The average molecular weight is 467 g/mol. The molecule has 1 fully saturated rings. The molecule has 0 bridgehead atoms. The van der Waals surface area contributed by atoms with Crippen LogP contribution >= 0.6 is 0 Å². The van der Waals surface area contributed by atoms with Crippen molar-refractivity contribution in [2.24, 2.45) is 0 Å². The van der Waals surface area contributed by atoms with Crippen molar-refractivity contribution in [3.8, 4) is 5.75 Å². The Morgan fingerprint density at radius 1 is 1.16 bits per heavy atom. The molecule has 0 unspecified atom stereocenters. The first-order chi connectivity index (χ1) is 14.8. The topological polar surface area (TPSA) is 66.4 Å². The Balaban J connectivity index is 2.10. The van der Waals surface area contributed by atoms with Crippen LogP contribution in [0.2, 0.25) is 18.1 Å². The molecule has 0 aromatic heterocycles. The van der Waals surface area contributed by atoms with Crippen molar-refractivity contribution >= 4 is 8.32 Å². The monoisotopic (exact) mass is 466 g/mol. The molecule has 1 aromatic rings. The molecule has 2 rings (SSSR count).